The highest BCUT2D eigenvalue weighted by molar-refractivity contribution is 5.41. The number of benzene rings is 1. The van der Waals surface area contributed by atoms with Gasteiger partial charge in [0.25, 0.3) is 0 Å². The lowest BCUT2D eigenvalue weighted by molar-refractivity contribution is 0.107. The highest BCUT2D eigenvalue weighted by atomic mass is 16.5. The lowest BCUT2D eigenvalue weighted by Crippen LogP contribution is -2.32. The second kappa shape index (κ2) is 6.45. The normalized spacial score (nSPS) is 26.4. The molecule has 1 saturated carbocycles. The fourth-order valence-corrected chi connectivity index (χ4v) is 3.70. The zero-order valence-corrected chi connectivity index (χ0v) is 12.7. The molecule has 0 aliphatic heterocycles. The van der Waals surface area contributed by atoms with Crippen LogP contribution in [0.25, 0.3) is 0 Å². The first-order chi connectivity index (χ1) is 9.59. The molecule has 0 spiro atoms. The summed E-state index contributed by atoms with van der Waals surface area (Å²) in [6.07, 6.45) is 7.59. The predicted octanol–water partition coefficient (Wildman–Crippen LogP) is 4.22. The number of aromatic hydroxyl groups is 1. The molecule has 1 aromatic carbocycles. The number of hydrogen-bond acceptors (Lipinski definition) is 2. The molecule has 0 saturated heterocycles. The Labute approximate surface area is 122 Å². The summed E-state index contributed by atoms with van der Waals surface area (Å²) in [6, 6.07) is 5.77. The number of allylic oxidation sites excluding steroid dienone is 1. The predicted molar refractivity (Wildman–Crippen MR) is 83.2 cm³/mol. The standard InChI is InChI=1S/C18H26O2/c1-4-6-15-8-9-16(19)11-17(15)18(2)10-5-7-14(12-18)13-20-3/h4,8-9,11,14,19H,1,5-7,10,12-13H2,2-3H3/t14-,18-/m0/s1. The Morgan fingerprint density at radius 2 is 2.30 bits per heavy atom. The monoisotopic (exact) mass is 274 g/mol. The second-order valence-electron chi connectivity index (χ2n) is 6.31. The van der Waals surface area contributed by atoms with Crippen LogP contribution in [0, 0.1) is 5.92 Å². The molecule has 1 N–H and O–H groups in total. The van der Waals surface area contributed by atoms with Crippen molar-refractivity contribution in [3.8, 4) is 5.75 Å². The Morgan fingerprint density at radius 3 is 3.00 bits per heavy atom. The average Bonchev–Trinajstić information content (AvgIpc) is 2.41. The third-order valence-corrected chi connectivity index (χ3v) is 4.59. The third-order valence-electron chi connectivity index (χ3n) is 4.59. The van der Waals surface area contributed by atoms with E-state index in [1.807, 2.05) is 18.2 Å². The minimum absolute atomic E-state index is 0.137. The van der Waals surface area contributed by atoms with E-state index < -0.39 is 0 Å². The maximum absolute atomic E-state index is 9.87. The summed E-state index contributed by atoms with van der Waals surface area (Å²) in [4.78, 5) is 0. The summed E-state index contributed by atoms with van der Waals surface area (Å²) in [6.45, 7) is 7.02. The van der Waals surface area contributed by atoms with E-state index in [4.69, 9.17) is 4.74 Å². The average molecular weight is 274 g/mol. The molecule has 0 unspecified atom stereocenters. The molecule has 0 bridgehead atoms. The van der Waals surface area contributed by atoms with E-state index in [1.165, 1.54) is 30.4 Å². The first kappa shape index (κ1) is 15.1. The Morgan fingerprint density at radius 1 is 1.50 bits per heavy atom. The molecule has 0 aromatic heterocycles. The van der Waals surface area contributed by atoms with Crippen molar-refractivity contribution in [1.29, 1.82) is 0 Å². The van der Waals surface area contributed by atoms with Gasteiger partial charge in [-0.3, -0.25) is 0 Å². The summed E-state index contributed by atoms with van der Waals surface area (Å²) < 4.78 is 5.35. The smallest absolute Gasteiger partial charge is 0.115 e. The van der Waals surface area contributed by atoms with Gasteiger partial charge in [0, 0.05) is 13.7 Å². The van der Waals surface area contributed by atoms with E-state index in [9.17, 15) is 5.11 Å². The number of ether oxygens (including phenoxy) is 1. The molecule has 110 valence electrons. The third kappa shape index (κ3) is 3.24. The van der Waals surface area contributed by atoms with E-state index in [2.05, 4.69) is 13.5 Å². The molecule has 0 heterocycles. The lowest BCUT2D eigenvalue weighted by Gasteiger charge is -2.39. The van der Waals surface area contributed by atoms with Gasteiger partial charge in [0.05, 0.1) is 0 Å². The van der Waals surface area contributed by atoms with Crippen LogP contribution in [0.3, 0.4) is 0 Å². The fourth-order valence-electron chi connectivity index (χ4n) is 3.70. The van der Waals surface area contributed by atoms with Crippen LogP contribution in [0.15, 0.2) is 30.9 Å². The zero-order chi connectivity index (χ0) is 14.6. The van der Waals surface area contributed by atoms with Gasteiger partial charge in [-0.15, -0.1) is 6.58 Å². The Hall–Kier alpha value is -1.28. The highest BCUT2D eigenvalue weighted by Crippen LogP contribution is 2.44. The molecule has 20 heavy (non-hydrogen) atoms. The number of methoxy groups -OCH3 is 1. The molecule has 2 heteroatoms. The zero-order valence-electron chi connectivity index (χ0n) is 12.7. The lowest BCUT2D eigenvalue weighted by atomic mass is 9.66. The number of hydrogen-bond donors (Lipinski definition) is 1. The van der Waals surface area contributed by atoms with E-state index in [0.29, 0.717) is 11.7 Å². The molecular formula is C18H26O2. The quantitative estimate of drug-likeness (QED) is 0.815. The van der Waals surface area contributed by atoms with Gasteiger partial charge in [-0.1, -0.05) is 25.5 Å². The van der Waals surface area contributed by atoms with Crippen LogP contribution < -0.4 is 0 Å². The Kier molecular flexibility index (Phi) is 4.87. The number of phenolic OH excluding ortho intramolecular Hbond substituents is 1. The Bertz CT molecular complexity index is 464. The van der Waals surface area contributed by atoms with Crippen molar-refractivity contribution in [2.24, 2.45) is 5.92 Å². The Balaban J connectivity index is 2.32. The summed E-state index contributed by atoms with van der Waals surface area (Å²) >= 11 is 0. The molecule has 1 aromatic rings. The summed E-state index contributed by atoms with van der Waals surface area (Å²) in [5.74, 6) is 0.987. The van der Waals surface area contributed by atoms with Gasteiger partial charge in [-0.25, -0.2) is 0 Å². The highest BCUT2D eigenvalue weighted by Gasteiger charge is 2.35. The minimum Gasteiger partial charge on any atom is -0.508 e. The van der Waals surface area contributed by atoms with Gasteiger partial charge < -0.3 is 9.84 Å². The van der Waals surface area contributed by atoms with Crippen LogP contribution in [0.4, 0.5) is 0 Å². The first-order valence-electron chi connectivity index (χ1n) is 7.51. The van der Waals surface area contributed by atoms with Crippen LogP contribution in [0.1, 0.15) is 43.7 Å². The maximum Gasteiger partial charge on any atom is 0.115 e. The van der Waals surface area contributed by atoms with Crippen LogP contribution in [0.2, 0.25) is 0 Å². The molecule has 2 nitrogen and oxygen atoms in total. The van der Waals surface area contributed by atoms with Gasteiger partial charge in [-0.2, -0.15) is 0 Å². The molecular weight excluding hydrogens is 248 g/mol. The van der Waals surface area contributed by atoms with Crippen LogP contribution >= 0.6 is 0 Å². The summed E-state index contributed by atoms with van der Waals surface area (Å²) in [5, 5.41) is 9.87. The van der Waals surface area contributed by atoms with Crippen molar-refractivity contribution in [1.82, 2.24) is 0 Å². The maximum atomic E-state index is 9.87. The van der Waals surface area contributed by atoms with Crippen molar-refractivity contribution in [3.63, 3.8) is 0 Å². The van der Waals surface area contributed by atoms with Gasteiger partial charge in [-0.05, 0) is 60.3 Å². The topological polar surface area (TPSA) is 29.5 Å². The van der Waals surface area contributed by atoms with E-state index in [0.717, 1.165) is 19.4 Å². The van der Waals surface area contributed by atoms with Gasteiger partial charge >= 0.3 is 0 Å². The van der Waals surface area contributed by atoms with Crippen LogP contribution in [-0.4, -0.2) is 18.8 Å². The molecule has 2 rings (SSSR count). The summed E-state index contributed by atoms with van der Waals surface area (Å²) in [7, 11) is 1.78. The van der Waals surface area contributed by atoms with Crippen molar-refractivity contribution >= 4 is 0 Å². The van der Waals surface area contributed by atoms with Crippen molar-refractivity contribution < 1.29 is 9.84 Å². The molecule has 1 aliphatic rings. The van der Waals surface area contributed by atoms with E-state index >= 15 is 0 Å². The SMILES string of the molecule is C=CCc1ccc(O)cc1[C@@]1(C)CCC[C@H](COC)C1. The minimum atomic E-state index is 0.137. The molecule has 1 fully saturated rings. The van der Waals surface area contributed by atoms with Crippen LogP contribution in [0.5, 0.6) is 5.75 Å². The first-order valence-corrected chi connectivity index (χ1v) is 7.51. The summed E-state index contributed by atoms with van der Waals surface area (Å²) in [5.41, 5.74) is 2.72. The van der Waals surface area contributed by atoms with E-state index in [-0.39, 0.29) is 5.41 Å². The van der Waals surface area contributed by atoms with Crippen molar-refractivity contribution in [2.45, 2.75) is 44.4 Å². The molecule has 1 aliphatic carbocycles. The van der Waals surface area contributed by atoms with Crippen LogP contribution in [-0.2, 0) is 16.6 Å². The molecule has 2 atom stereocenters. The second-order valence-corrected chi connectivity index (χ2v) is 6.31. The molecule has 0 amide bonds. The largest absolute Gasteiger partial charge is 0.508 e. The van der Waals surface area contributed by atoms with Gasteiger partial charge in [0.15, 0.2) is 0 Å². The number of rotatable bonds is 5. The van der Waals surface area contributed by atoms with Gasteiger partial charge in [0.1, 0.15) is 5.75 Å². The van der Waals surface area contributed by atoms with Gasteiger partial charge in [0.2, 0.25) is 0 Å². The van der Waals surface area contributed by atoms with E-state index in [1.54, 1.807) is 13.2 Å². The number of phenols is 1. The fraction of sp³-hybridized carbons (Fsp3) is 0.556. The van der Waals surface area contributed by atoms with Crippen molar-refractivity contribution in [3.05, 3.63) is 42.0 Å². The molecule has 0 radical (unpaired) electrons. The van der Waals surface area contributed by atoms with Crippen molar-refractivity contribution in [2.75, 3.05) is 13.7 Å².